The molecule has 0 atom stereocenters. The van der Waals surface area contributed by atoms with Crippen molar-refractivity contribution in [2.24, 2.45) is 11.8 Å². The lowest BCUT2D eigenvalue weighted by molar-refractivity contribution is 0.0996. The van der Waals surface area contributed by atoms with Crippen molar-refractivity contribution >= 4 is 11.6 Å². The lowest BCUT2D eigenvalue weighted by Crippen LogP contribution is -2.49. The Balaban J connectivity index is 2.26. The van der Waals surface area contributed by atoms with Crippen LogP contribution in [-0.2, 0) is 5.41 Å². The highest BCUT2D eigenvalue weighted by Gasteiger charge is 2.46. The van der Waals surface area contributed by atoms with Gasteiger partial charge in [0.1, 0.15) is 5.82 Å². The molecule has 0 heterocycles. The highest BCUT2D eigenvalue weighted by molar-refractivity contribution is 6.31. The maximum atomic E-state index is 13.1. The van der Waals surface area contributed by atoms with E-state index in [4.69, 9.17) is 11.6 Å². The molecule has 1 aliphatic carbocycles. The number of hydrogen-bond acceptors (Lipinski definition) is 1. The van der Waals surface area contributed by atoms with Crippen LogP contribution in [0.5, 0.6) is 0 Å². The molecule has 0 aliphatic heterocycles. The molecule has 0 bridgehead atoms. The summed E-state index contributed by atoms with van der Waals surface area (Å²) in [5, 5.41) is 3.82. The van der Waals surface area contributed by atoms with Gasteiger partial charge in [-0.25, -0.2) is 4.39 Å². The second-order valence-corrected chi connectivity index (χ2v) is 6.25. The van der Waals surface area contributed by atoms with E-state index >= 15 is 0 Å². The zero-order valence-corrected chi connectivity index (χ0v) is 12.0. The third kappa shape index (κ3) is 2.41. The highest BCUT2D eigenvalue weighted by Crippen LogP contribution is 2.51. The third-order valence-corrected chi connectivity index (χ3v) is 4.58. The Hall–Kier alpha value is -0.600. The molecular formula is C15H21ClFN. The van der Waals surface area contributed by atoms with Gasteiger partial charge in [0, 0.05) is 17.0 Å². The van der Waals surface area contributed by atoms with Crippen molar-refractivity contribution in [2.45, 2.75) is 32.1 Å². The van der Waals surface area contributed by atoms with Crippen LogP contribution in [0.1, 0.15) is 32.3 Å². The minimum absolute atomic E-state index is 0.0917. The standard InChI is InChI=1S/C15H21ClFN/c1-10(2)11-7-15(8-11,9-18-3)13-5-4-12(17)6-14(13)16/h4-6,10-11,18H,7-9H2,1-3H3. The maximum absolute atomic E-state index is 13.1. The Bertz CT molecular complexity index is 425. The molecule has 0 radical (unpaired) electrons. The summed E-state index contributed by atoms with van der Waals surface area (Å²) in [6, 6.07) is 4.80. The zero-order valence-electron chi connectivity index (χ0n) is 11.3. The first-order valence-corrected chi connectivity index (χ1v) is 6.96. The SMILES string of the molecule is CNCC1(c2ccc(F)cc2Cl)CC(C(C)C)C1. The molecule has 1 fully saturated rings. The Kier molecular flexibility index (Phi) is 3.98. The maximum Gasteiger partial charge on any atom is 0.124 e. The van der Waals surface area contributed by atoms with Crippen LogP contribution in [0.15, 0.2) is 18.2 Å². The van der Waals surface area contributed by atoms with Crippen LogP contribution >= 0.6 is 11.6 Å². The molecular weight excluding hydrogens is 249 g/mol. The van der Waals surface area contributed by atoms with Crippen molar-refractivity contribution in [2.75, 3.05) is 13.6 Å². The van der Waals surface area contributed by atoms with Crippen LogP contribution in [-0.4, -0.2) is 13.6 Å². The summed E-state index contributed by atoms with van der Waals surface area (Å²) in [5.74, 6) is 1.19. The number of likely N-dealkylation sites (N-methyl/N-ethyl adjacent to an activating group) is 1. The van der Waals surface area contributed by atoms with Crippen LogP contribution in [0.3, 0.4) is 0 Å². The molecule has 100 valence electrons. The first kappa shape index (κ1) is 13.8. The van der Waals surface area contributed by atoms with Crippen LogP contribution in [0, 0.1) is 17.7 Å². The Labute approximate surface area is 114 Å². The predicted molar refractivity (Wildman–Crippen MR) is 74.6 cm³/mol. The average molecular weight is 270 g/mol. The minimum atomic E-state index is -0.261. The molecule has 0 spiro atoms. The largest absolute Gasteiger partial charge is 0.319 e. The Morgan fingerprint density at radius 2 is 2.11 bits per heavy atom. The first-order valence-electron chi connectivity index (χ1n) is 6.58. The van der Waals surface area contributed by atoms with E-state index in [-0.39, 0.29) is 11.2 Å². The van der Waals surface area contributed by atoms with E-state index in [2.05, 4.69) is 19.2 Å². The fraction of sp³-hybridized carbons (Fsp3) is 0.600. The molecule has 18 heavy (non-hydrogen) atoms. The Morgan fingerprint density at radius 1 is 1.44 bits per heavy atom. The molecule has 1 aromatic rings. The van der Waals surface area contributed by atoms with Gasteiger partial charge >= 0.3 is 0 Å². The van der Waals surface area contributed by atoms with Gasteiger partial charge in [0.25, 0.3) is 0 Å². The van der Waals surface area contributed by atoms with Gasteiger partial charge in [-0.05, 0) is 49.4 Å². The normalized spacial score (nSPS) is 27.3. The van der Waals surface area contributed by atoms with Gasteiger partial charge in [0.05, 0.1) is 0 Å². The topological polar surface area (TPSA) is 12.0 Å². The molecule has 0 aromatic heterocycles. The number of rotatable bonds is 4. The minimum Gasteiger partial charge on any atom is -0.319 e. The molecule has 3 heteroatoms. The fourth-order valence-electron chi connectivity index (χ4n) is 3.13. The van der Waals surface area contributed by atoms with Crippen molar-refractivity contribution in [1.82, 2.24) is 5.32 Å². The fourth-order valence-corrected chi connectivity index (χ4v) is 3.50. The van der Waals surface area contributed by atoms with Gasteiger partial charge in [-0.1, -0.05) is 31.5 Å². The molecule has 1 nitrogen and oxygen atoms in total. The Morgan fingerprint density at radius 3 is 2.61 bits per heavy atom. The quantitative estimate of drug-likeness (QED) is 0.871. The van der Waals surface area contributed by atoms with Gasteiger partial charge in [0.2, 0.25) is 0 Å². The number of halogens is 2. The van der Waals surface area contributed by atoms with Crippen molar-refractivity contribution in [3.63, 3.8) is 0 Å². The molecule has 0 amide bonds. The summed E-state index contributed by atoms with van der Waals surface area (Å²) in [6.07, 6.45) is 2.27. The number of nitrogens with one attached hydrogen (secondary N) is 1. The van der Waals surface area contributed by atoms with Crippen LogP contribution in [0.4, 0.5) is 4.39 Å². The van der Waals surface area contributed by atoms with E-state index in [1.165, 1.54) is 12.1 Å². The summed E-state index contributed by atoms with van der Waals surface area (Å²) in [6.45, 7) is 5.43. The van der Waals surface area contributed by atoms with Crippen molar-refractivity contribution in [3.8, 4) is 0 Å². The summed E-state index contributed by atoms with van der Waals surface area (Å²) in [5.41, 5.74) is 1.19. The van der Waals surface area contributed by atoms with Crippen LogP contribution in [0.2, 0.25) is 5.02 Å². The molecule has 1 saturated carbocycles. The molecule has 0 saturated heterocycles. The lowest BCUT2D eigenvalue weighted by Gasteiger charge is -2.50. The van der Waals surface area contributed by atoms with Crippen molar-refractivity contribution < 1.29 is 4.39 Å². The van der Waals surface area contributed by atoms with E-state index in [1.54, 1.807) is 0 Å². The summed E-state index contributed by atoms with van der Waals surface area (Å²) in [7, 11) is 1.96. The average Bonchev–Trinajstić information content (AvgIpc) is 2.23. The summed E-state index contributed by atoms with van der Waals surface area (Å²) >= 11 is 6.22. The van der Waals surface area contributed by atoms with Gasteiger partial charge in [-0.2, -0.15) is 0 Å². The predicted octanol–water partition coefficient (Wildman–Crippen LogP) is 4.00. The molecule has 2 rings (SSSR count). The van der Waals surface area contributed by atoms with Gasteiger partial charge < -0.3 is 5.32 Å². The smallest absolute Gasteiger partial charge is 0.124 e. The van der Waals surface area contributed by atoms with Gasteiger partial charge in [-0.15, -0.1) is 0 Å². The first-order chi connectivity index (χ1) is 8.48. The van der Waals surface area contributed by atoms with Gasteiger partial charge in [0.15, 0.2) is 0 Å². The van der Waals surface area contributed by atoms with Gasteiger partial charge in [-0.3, -0.25) is 0 Å². The monoisotopic (exact) mass is 269 g/mol. The van der Waals surface area contributed by atoms with Crippen LogP contribution in [0.25, 0.3) is 0 Å². The van der Waals surface area contributed by atoms with E-state index in [1.807, 2.05) is 13.1 Å². The molecule has 1 aromatic carbocycles. The van der Waals surface area contributed by atoms with E-state index < -0.39 is 0 Å². The molecule has 1 N–H and O–H groups in total. The number of hydrogen-bond donors (Lipinski definition) is 1. The molecule has 1 aliphatic rings. The second kappa shape index (κ2) is 5.18. The number of benzene rings is 1. The highest BCUT2D eigenvalue weighted by atomic mass is 35.5. The van der Waals surface area contributed by atoms with Crippen molar-refractivity contribution in [1.29, 1.82) is 0 Å². The van der Waals surface area contributed by atoms with E-state index in [9.17, 15) is 4.39 Å². The summed E-state index contributed by atoms with van der Waals surface area (Å²) in [4.78, 5) is 0. The van der Waals surface area contributed by atoms with E-state index in [0.29, 0.717) is 10.9 Å². The second-order valence-electron chi connectivity index (χ2n) is 5.85. The lowest BCUT2D eigenvalue weighted by atomic mass is 9.56. The zero-order chi connectivity index (χ0) is 13.3. The summed E-state index contributed by atoms with van der Waals surface area (Å²) < 4.78 is 13.1. The van der Waals surface area contributed by atoms with Crippen molar-refractivity contribution in [3.05, 3.63) is 34.6 Å². The molecule has 0 unspecified atom stereocenters. The van der Waals surface area contributed by atoms with Crippen LogP contribution < -0.4 is 5.32 Å². The van der Waals surface area contributed by atoms with E-state index in [0.717, 1.165) is 30.9 Å². The third-order valence-electron chi connectivity index (χ3n) is 4.27.